The molecule has 1 aliphatic heterocycles. The third kappa shape index (κ3) is 7.84. The third-order valence-corrected chi connectivity index (χ3v) is 6.17. The first-order valence-corrected chi connectivity index (χ1v) is 12.9. The number of benzene rings is 1. The molecule has 39 heavy (non-hydrogen) atoms. The number of hydrogen-bond acceptors (Lipinski definition) is 9. The number of carbonyl (C=O) groups excluding carboxylic acids is 2. The number of hydrogen-bond donors (Lipinski definition) is 2. The molecular weight excluding hydrogens is 506 g/mol. The molecule has 0 unspecified atom stereocenters. The van der Waals surface area contributed by atoms with Gasteiger partial charge in [-0.05, 0) is 39.7 Å². The van der Waals surface area contributed by atoms with Crippen LogP contribution < -0.4 is 20.3 Å². The molecule has 2 N–H and O–H groups in total. The van der Waals surface area contributed by atoms with Gasteiger partial charge in [0.1, 0.15) is 23.9 Å². The summed E-state index contributed by atoms with van der Waals surface area (Å²) in [5.41, 5.74) is 0.921. The molecule has 216 valence electrons. The van der Waals surface area contributed by atoms with Crippen LogP contribution in [0.3, 0.4) is 0 Å². The van der Waals surface area contributed by atoms with Crippen LogP contribution in [0.5, 0.6) is 5.75 Å². The molecule has 0 saturated carbocycles. The highest BCUT2D eigenvalue weighted by atomic mass is 16.7. The molecule has 12 heteroatoms. The van der Waals surface area contributed by atoms with Gasteiger partial charge >= 0.3 is 6.09 Å². The summed E-state index contributed by atoms with van der Waals surface area (Å²) in [6.07, 6.45) is 0.539. The standard InChI is InChI=1S/C27H41N5O7/c1-27(2,3)39-26(34)29-18-11-10-14-31(16-18)25-22(19-12-8-9-13-20(19)36-5)23(30-32(25)17-35-4)24(33)28-15-21(37-6)38-7/h8-9,12-13,18,21H,10-11,14-17H2,1-7H3,(H,28,33)(H,29,34)/t18-/m1/s1. The van der Waals surface area contributed by atoms with E-state index in [0.29, 0.717) is 35.8 Å². The lowest BCUT2D eigenvalue weighted by molar-refractivity contribution is -0.0974. The van der Waals surface area contributed by atoms with Gasteiger partial charge in [-0.2, -0.15) is 5.10 Å². The van der Waals surface area contributed by atoms with Crippen molar-refractivity contribution in [2.75, 3.05) is 53.0 Å². The Hall–Kier alpha value is -3.35. The molecule has 2 aromatic rings. The molecule has 0 bridgehead atoms. The molecule has 1 aromatic carbocycles. The highest BCUT2D eigenvalue weighted by Crippen LogP contribution is 2.40. The Bertz CT molecular complexity index is 1110. The summed E-state index contributed by atoms with van der Waals surface area (Å²) in [4.78, 5) is 28.1. The lowest BCUT2D eigenvalue weighted by Crippen LogP contribution is -2.49. The first-order chi connectivity index (χ1) is 18.6. The molecule has 1 aromatic heterocycles. The number of carbonyl (C=O) groups is 2. The zero-order chi connectivity index (χ0) is 28.6. The SMILES string of the molecule is COCn1nc(C(=O)NCC(OC)OC)c(-c2ccccc2OC)c1N1CCC[C@@H](NC(=O)OC(C)(C)C)C1. The fourth-order valence-electron chi connectivity index (χ4n) is 4.53. The zero-order valence-electron chi connectivity index (χ0n) is 23.9. The summed E-state index contributed by atoms with van der Waals surface area (Å²) in [5, 5.41) is 10.5. The zero-order valence-corrected chi connectivity index (χ0v) is 23.9. The van der Waals surface area contributed by atoms with Gasteiger partial charge in [-0.25, -0.2) is 9.48 Å². The molecule has 1 atom stereocenters. The van der Waals surface area contributed by atoms with E-state index in [1.165, 1.54) is 14.2 Å². The minimum absolute atomic E-state index is 0.115. The largest absolute Gasteiger partial charge is 0.496 e. The first kappa shape index (κ1) is 30.2. The predicted molar refractivity (Wildman–Crippen MR) is 146 cm³/mol. The van der Waals surface area contributed by atoms with Crippen LogP contribution in [-0.4, -0.2) is 87.8 Å². The number of ether oxygens (including phenoxy) is 5. The predicted octanol–water partition coefficient (Wildman–Crippen LogP) is 3.00. The van der Waals surface area contributed by atoms with Gasteiger partial charge in [0, 0.05) is 46.0 Å². The van der Waals surface area contributed by atoms with Crippen LogP contribution in [0.25, 0.3) is 11.1 Å². The van der Waals surface area contributed by atoms with Gasteiger partial charge in [-0.1, -0.05) is 18.2 Å². The maximum atomic E-state index is 13.5. The summed E-state index contributed by atoms with van der Waals surface area (Å²) in [6, 6.07) is 7.31. The second kappa shape index (κ2) is 13.6. The highest BCUT2D eigenvalue weighted by Gasteiger charge is 2.33. The summed E-state index contributed by atoms with van der Waals surface area (Å²) in [7, 11) is 6.16. The number of anilines is 1. The average molecular weight is 548 g/mol. The number of rotatable bonds is 11. The molecule has 2 heterocycles. The van der Waals surface area contributed by atoms with Crippen LogP contribution in [0.15, 0.2) is 24.3 Å². The monoisotopic (exact) mass is 547 g/mol. The maximum Gasteiger partial charge on any atom is 0.407 e. The van der Waals surface area contributed by atoms with Crippen LogP contribution >= 0.6 is 0 Å². The fourth-order valence-corrected chi connectivity index (χ4v) is 4.53. The van der Waals surface area contributed by atoms with Crippen molar-refractivity contribution in [3.05, 3.63) is 30.0 Å². The van der Waals surface area contributed by atoms with E-state index in [-0.39, 0.29) is 25.0 Å². The van der Waals surface area contributed by atoms with E-state index in [4.69, 9.17) is 23.7 Å². The molecular formula is C27H41N5O7. The van der Waals surface area contributed by atoms with E-state index in [9.17, 15) is 9.59 Å². The highest BCUT2D eigenvalue weighted by molar-refractivity contribution is 6.03. The van der Waals surface area contributed by atoms with Crippen molar-refractivity contribution >= 4 is 17.8 Å². The molecule has 0 spiro atoms. The number of alkyl carbamates (subject to hydrolysis) is 1. The van der Waals surface area contributed by atoms with Crippen LogP contribution in [0, 0.1) is 0 Å². The summed E-state index contributed by atoms with van der Waals surface area (Å²) >= 11 is 0. The van der Waals surface area contributed by atoms with Crippen molar-refractivity contribution in [1.29, 1.82) is 0 Å². The Kier molecular flexibility index (Phi) is 10.6. The Balaban J connectivity index is 2.04. The van der Waals surface area contributed by atoms with Crippen LogP contribution in [0.2, 0.25) is 0 Å². The lowest BCUT2D eigenvalue weighted by atomic mass is 10.0. The third-order valence-electron chi connectivity index (χ3n) is 6.17. The maximum absolute atomic E-state index is 13.5. The van der Waals surface area contributed by atoms with E-state index in [1.807, 2.05) is 45.0 Å². The molecule has 0 radical (unpaired) electrons. The van der Waals surface area contributed by atoms with Crippen molar-refractivity contribution in [3.8, 4) is 16.9 Å². The summed E-state index contributed by atoms with van der Waals surface area (Å²) in [5.74, 6) is 0.889. The number of para-hydroxylation sites is 1. The Labute approximate surface area is 229 Å². The van der Waals surface area contributed by atoms with Gasteiger partial charge in [-0.15, -0.1) is 0 Å². The summed E-state index contributed by atoms with van der Waals surface area (Å²) in [6.45, 7) is 6.93. The van der Waals surface area contributed by atoms with Crippen molar-refractivity contribution in [1.82, 2.24) is 20.4 Å². The number of nitrogens with one attached hydrogen (secondary N) is 2. The topological polar surface area (TPSA) is 125 Å². The Morgan fingerprint density at radius 3 is 2.49 bits per heavy atom. The molecule has 2 amide bonds. The summed E-state index contributed by atoms with van der Waals surface area (Å²) < 4.78 is 28.7. The van der Waals surface area contributed by atoms with Gasteiger partial charge in [0.15, 0.2) is 12.0 Å². The molecule has 3 rings (SSSR count). The number of piperidine rings is 1. The van der Waals surface area contributed by atoms with Gasteiger partial charge in [0.25, 0.3) is 5.91 Å². The molecule has 1 fully saturated rings. The molecule has 0 aliphatic carbocycles. The minimum atomic E-state index is -0.606. The van der Waals surface area contributed by atoms with E-state index >= 15 is 0 Å². The van der Waals surface area contributed by atoms with E-state index in [0.717, 1.165) is 12.8 Å². The van der Waals surface area contributed by atoms with Crippen molar-refractivity contribution in [3.63, 3.8) is 0 Å². The van der Waals surface area contributed by atoms with E-state index in [1.54, 1.807) is 18.9 Å². The van der Waals surface area contributed by atoms with Crippen LogP contribution in [0.1, 0.15) is 44.1 Å². The van der Waals surface area contributed by atoms with Crippen molar-refractivity contribution in [2.45, 2.75) is 58.3 Å². The fraction of sp³-hybridized carbons (Fsp3) is 0.593. The molecule has 1 saturated heterocycles. The quantitative estimate of drug-likeness (QED) is 0.408. The smallest absolute Gasteiger partial charge is 0.407 e. The minimum Gasteiger partial charge on any atom is -0.496 e. The average Bonchev–Trinajstić information content (AvgIpc) is 3.27. The number of methoxy groups -OCH3 is 4. The number of aromatic nitrogens is 2. The first-order valence-electron chi connectivity index (χ1n) is 12.9. The van der Waals surface area contributed by atoms with Crippen molar-refractivity contribution in [2.24, 2.45) is 0 Å². The van der Waals surface area contributed by atoms with Gasteiger partial charge in [0.2, 0.25) is 0 Å². The number of amides is 2. The number of nitrogens with zero attached hydrogens (tertiary/aromatic N) is 3. The van der Waals surface area contributed by atoms with Gasteiger partial charge in [-0.3, -0.25) is 4.79 Å². The molecule has 12 nitrogen and oxygen atoms in total. The van der Waals surface area contributed by atoms with E-state index in [2.05, 4.69) is 20.6 Å². The van der Waals surface area contributed by atoms with Gasteiger partial charge < -0.3 is 39.2 Å². The second-order valence-electron chi connectivity index (χ2n) is 10.2. The second-order valence-corrected chi connectivity index (χ2v) is 10.2. The molecule has 1 aliphatic rings. The normalized spacial score (nSPS) is 15.8. The Morgan fingerprint density at radius 2 is 1.85 bits per heavy atom. The van der Waals surface area contributed by atoms with Crippen molar-refractivity contribution < 1.29 is 33.3 Å². The van der Waals surface area contributed by atoms with Gasteiger partial charge in [0.05, 0.1) is 19.2 Å². The Morgan fingerprint density at radius 1 is 1.13 bits per heavy atom. The van der Waals surface area contributed by atoms with E-state index < -0.39 is 23.9 Å². The van der Waals surface area contributed by atoms with Crippen LogP contribution in [-0.2, 0) is 25.7 Å². The van der Waals surface area contributed by atoms with Crippen LogP contribution in [0.4, 0.5) is 10.6 Å². The lowest BCUT2D eigenvalue weighted by Gasteiger charge is -2.35.